The molecule has 130 valence electrons. The van der Waals surface area contributed by atoms with Crippen molar-refractivity contribution in [2.45, 2.75) is 26.8 Å². The Morgan fingerprint density at radius 1 is 1.29 bits per heavy atom. The number of hydrogen-bond acceptors (Lipinski definition) is 7. The Balaban J connectivity index is 3.16. The zero-order chi connectivity index (χ0) is 18.4. The first-order chi connectivity index (χ1) is 11.1. The summed E-state index contributed by atoms with van der Waals surface area (Å²) >= 11 is 5.09. The van der Waals surface area contributed by atoms with Gasteiger partial charge in [-0.25, -0.2) is 9.97 Å². The molecule has 1 aromatic heterocycles. The molecule has 8 N–H and O–H groups in total. The normalized spacial score (nSPS) is 12.6. The lowest BCUT2D eigenvalue weighted by Gasteiger charge is -2.20. The Morgan fingerprint density at radius 2 is 1.92 bits per heavy atom. The van der Waals surface area contributed by atoms with Crippen molar-refractivity contribution < 1.29 is 9.59 Å². The standard InChI is InChI=1S/C14H21N7O2S/c1-6(2)10(12(16)22)19-8-5-18-11(13(17)23)14(20-8)21-9(24)4-7(3)15/h4-6,10H,15H2,1-3H3,(H2,16,22)(H2,17,23)(H2,19,20,21,24). The number of anilines is 2. The Morgan fingerprint density at radius 3 is 2.38 bits per heavy atom. The van der Waals surface area contributed by atoms with Gasteiger partial charge in [-0.1, -0.05) is 26.1 Å². The fourth-order valence-corrected chi connectivity index (χ4v) is 2.09. The van der Waals surface area contributed by atoms with E-state index in [4.69, 9.17) is 29.4 Å². The summed E-state index contributed by atoms with van der Waals surface area (Å²) in [5, 5.41) is 5.61. The maximum absolute atomic E-state index is 11.5. The molecule has 0 saturated heterocycles. The highest BCUT2D eigenvalue weighted by molar-refractivity contribution is 7.81. The van der Waals surface area contributed by atoms with Gasteiger partial charge in [0.05, 0.1) is 6.20 Å². The number of aromatic nitrogens is 2. The predicted molar refractivity (Wildman–Crippen MR) is 96.2 cm³/mol. The number of nitrogens with two attached hydrogens (primary N) is 3. The molecule has 1 heterocycles. The quantitative estimate of drug-likeness (QED) is 0.341. The third-order valence-electron chi connectivity index (χ3n) is 2.88. The minimum absolute atomic E-state index is 0.0574. The molecule has 24 heavy (non-hydrogen) atoms. The number of thiocarbonyl (C=S) groups is 1. The van der Waals surface area contributed by atoms with Crippen LogP contribution < -0.4 is 27.8 Å². The molecule has 1 atom stereocenters. The van der Waals surface area contributed by atoms with Crippen LogP contribution in [-0.2, 0) is 4.79 Å². The Hall–Kier alpha value is -2.75. The third-order valence-corrected chi connectivity index (χ3v) is 3.10. The monoisotopic (exact) mass is 351 g/mol. The van der Waals surface area contributed by atoms with E-state index in [1.54, 1.807) is 6.92 Å². The molecule has 0 aliphatic heterocycles. The molecule has 1 unspecified atom stereocenters. The van der Waals surface area contributed by atoms with Gasteiger partial charge in [0.25, 0.3) is 5.91 Å². The minimum Gasteiger partial charge on any atom is -0.402 e. The molecule has 0 aliphatic carbocycles. The van der Waals surface area contributed by atoms with E-state index in [9.17, 15) is 9.59 Å². The first-order valence-corrected chi connectivity index (χ1v) is 7.50. The van der Waals surface area contributed by atoms with Crippen molar-refractivity contribution in [1.82, 2.24) is 9.97 Å². The van der Waals surface area contributed by atoms with Gasteiger partial charge in [0.15, 0.2) is 11.5 Å². The predicted octanol–water partition coefficient (Wildman–Crippen LogP) is 0.0991. The van der Waals surface area contributed by atoms with Crippen molar-refractivity contribution in [3.8, 4) is 0 Å². The van der Waals surface area contributed by atoms with Crippen LogP contribution in [0, 0.1) is 5.92 Å². The molecule has 0 aliphatic rings. The molecule has 2 amide bonds. The van der Waals surface area contributed by atoms with Crippen molar-refractivity contribution in [2.75, 3.05) is 10.6 Å². The van der Waals surface area contributed by atoms with E-state index in [1.807, 2.05) is 13.8 Å². The van der Waals surface area contributed by atoms with E-state index >= 15 is 0 Å². The zero-order valence-electron chi connectivity index (χ0n) is 13.7. The lowest BCUT2D eigenvalue weighted by Crippen LogP contribution is -2.39. The molecule has 9 nitrogen and oxygen atoms in total. The number of primary amides is 2. The number of carbonyl (C=O) groups excluding carboxylic acids is 2. The van der Waals surface area contributed by atoms with E-state index in [0.717, 1.165) is 0 Å². The highest BCUT2D eigenvalue weighted by Gasteiger charge is 2.21. The highest BCUT2D eigenvalue weighted by atomic mass is 32.1. The molecule has 10 heteroatoms. The third kappa shape index (κ3) is 5.47. The van der Waals surface area contributed by atoms with Crippen LogP contribution in [0.15, 0.2) is 18.0 Å². The molecule has 0 bridgehead atoms. The number of hydrogen-bond donors (Lipinski definition) is 5. The van der Waals surface area contributed by atoms with Crippen molar-refractivity contribution in [3.05, 3.63) is 23.7 Å². The minimum atomic E-state index is -0.775. The summed E-state index contributed by atoms with van der Waals surface area (Å²) in [6, 6.07) is -0.648. The second-order valence-electron chi connectivity index (χ2n) is 5.46. The largest absolute Gasteiger partial charge is 0.402 e. The van der Waals surface area contributed by atoms with Crippen molar-refractivity contribution in [2.24, 2.45) is 23.1 Å². The average Bonchev–Trinajstić information content (AvgIpc) is 2.42. The van der Waals surface area contributed by atoms with Gasteiger partial charge in [0, 0.05) is 5.70 Å². The Bertz CT molecular complexity index is 684. The second kappa shape index (κ2) is 8.20. The number of amides is 2. The van der Waals surface area contributed by atoms with E-state index in [-0.39, 0.29) is 28.2 Å². The van der Waals surface area contributed by atoms with Crippen LogP contribution in [0.4, 0.5) is 11.6 Å². The highest BCUT2D eigenvalue weighted by Crippen LogP contribution is 2.16. The zero-order valence-corrected chi connectivity index (χ0v) is 14.5. The van der Waals surface area contributed by atoms with Gasteiger partial charge >= 0.3 is 0 Å². The van der Waals surface area contributed by atoms with Crippen LogP contribution in [0.25, 0.3) is 0 Å². The molecule has 0 radical (unpaired) electrons. The van der Waals surface area contributed by atoms with Crippen LogP contribution in [-0.4, -0.2) is 32.8 Å². The maximum Gasteiger partial charge on any atom is 0.271 e. The summed E-state index contributed by atoms with van der Waals surface area (Å²) in [7, 11) is 0. The van der Waals surface area contributed by atoms with E-state index in [2.05, 4.69) is 20.6 Å². The maximum atomic E-state index is 11.5. The number of nitrogens with one attached hydrogen (secondary N) is 2. The van der Waals surface area contributed by atoms with Crippen LogP contribution in [0.1, 0.15) is 31.3 Å². The summed E-state index contributed by atoms with van der Waals surface area (Å²) in [6.45, 7) is 5.32. The molecule has 0 saturated carbocycles. The van der Waals surface area contributed by atoms with Gasteiger partial charge < -0.3 is 27.8 Å². The van der Waals surface area contributed by atoms with Gasteiger partial charge in [0.2, 0.25) is 5.91 Å². The molecule has 1 aromatic rings. The summed E-state index contributed by atoms with van der Waals surface area (Å²) in [5.74, 6) is -1.07. The summed E-state index contributed by atoms with van der Waals surface area (Å²) in [4.78, 5) is 31.3. The van der Waals surface area contributed by atoms with E-state index in [0.29, 0.717) is 5.70 Å². The van der Waals surface area contributed by atoms with Crippen LogP contribution >= 0.6 is 12.2 Å². The first-order valence-electron chi connectivity index (χ1n) is 7.09. The topological polar surface area (TPSA) is 162 Å². The lowest BCUT2D eigenvalue weighted by atomic mass is 10.0. The lowest BCUT2D eigenvalue weighted by molar-refractivity contribution is -0.119. The molecular weight excluding hydrogens is 330 g/mol. The van der Waals surface area contributed by atoms with Crippen LogP contribution in [0.3, 0.4) is 0 Å². The summed E-state index contributed by atoms with van der Waals surface area (Å²) in [6.07, 6.45) is 2.78. The summed E-state index contributed by atoms with van der Waals surface area (Å²) < 4.78 is 0. The average molecular weight is 351 g/mol. The van der Waals surface area contributed by atoms with Gasteiger partial charge in [0.1, 0.15) is 16.8 Å². The number of nitrogens with zero attached hydrogens (tertiary/aromatic N) is 2. The second-order valence-corrected chi connectivity index (χ2v) is 5.90. The fourth-order valence-electron chi connectivity index (χ4n) is 1.81. The number of carbonyl (C=O) groups is 2. The molecular formula is C14H21N7O2S. The Kier molecular flexibility index (Phi) is 6.59. The van der Waals surface area contributed by atoms with E-state index in [1.165, 1.54) is 12.3 Å². The Labute approximate surface area is 145 Å². The smallest absolute Gasteiger partial charge is 0.271 e. The summed E-state index contributed by atoms with van der Waals surface area (Å²) in [5.41, 5.74) is 16.6. The van der Waals surface area contributed by atoms with Crippen molar-refractivity contribution in [3.63, 3.8) is 0 Å². The van der Waals surface area contributed by atoms with Crippen molar-refractivity contribution in [1.29, 1.82) is 0 Å². The molecule has 0 aromatic carbocycles. The van der Waals surface area contributed by atoms with Crippen LogP contribution in [0.5, 0.6) is 0 Å². The SMILES string of the molecule is CC(N)=CC(=S)Nc1nc(NC(C(N)=O)C(C)C)cnc1C(N)=O. The van der Waals surface area contributed by atoms with E-state index < -0.39 is 17.9 Å². The molecule has 0 fully saturated rings. The van der Waals surface area contributed by atoms with Gasteiger partial charge in [-0.15, -0.1) is 0 Å². The molecule has 1 rings (SSSR count). The first kappa shape index (κ1) is 19.3. The number of rotatable bonds is 7. The molecule has 0 spiro atoms. The van der Waals surface area contributed by atoms with Crippen molar-refractivity contribution >= 4 is 40.7 Å². The van der Waals surface area contributed by atoms with Crippen LogP contribution in [0.2, 0.25) is 0 Å². The number of allylic oxidation sites excluding steroid dienone is 1. The van der Waals surface area contributed by atoms with Gasteiger partial charge in [-0.3, -0.25) is 9.59 Å². The van der Waals surface area contributed by atoms with Gasteiger partial charge in [-0.05, 0) is 18.9 Å². The fraction of sp³-hybridized carbons (Fsp3) is 0.357. The van der Waals surface area contributed by atoms with Gasteiger partial charge in [-0.2, -0.15) is 0 Å².